The lowest BCUT2D eigenvalue weighted by Gasteiger charge is -1.64. The van der Waals surface area contributed by atoms with Gasteiger partial charge in [0.25, 0.3) is 0 Å². The Morgan fingerprint density at radius 2 is 1.60 bits per heavy atom. The van der Waals surface area contributed by atoms with Gasteiger partial charge in [-0.1, -0.05) is 6.58 Å². The fourth-order valence-electron chi connectivity index (χ4n) is 0. The normalized spacial score (nSPS) is 6.70. The van der Waals surface area contributed by atoms with E-state index >= 15 is 0 Å². The van der Waals surface area contributed by atoms with E-state index in [0.29, 0.717) is 0 Å². The van der Waals surface area contributed by atoms with Gasteiger partial charge in [0.1, 0.15) is 0 Å². The molecular formula is C3H9O6P. The van der Waals surface area contributed by atoms with Crippen LogP contribution in [-0.2, 0) is 9.36 Å². The molecule has 0 spiro atoms. The van der Waals surface area contributed by atoms with Crippen molar-refractivity contribution in [1.29, 1.82) is 0 Å². The van der Waals surface area contributed by atoms with Crippen molar-refractivity contribution >= 4 is 14.2 Å². The average Bonchev–Trinajstić information content (AvgIpc) is 1.65. The number of carboxylic acids is 1. The molecule has 0 saturated carbocycles. The minimum atomic E-state index is -3.13. The van der Waals surface area contributed by atoms with E-state index in [1.165, 1.54) is 0 Å². The first-order valence-corrected chi connectivity index (χ1v) is 3.08. The Morgan fingerprint density at radius 3 is 1.60 bits per heavy atom. The van der Waals surface area contributed by atoms with Crippen LogP contribution in [0.25, 0.3) is 0 Å². The van der Waals surface area contributed by atoms with Crippen LogP contribution in [0.2, 0.25) is 0 Å². The molecule has 0 radical (unpaired) electrons. The first kappa shape index (κ1) is 16.2. The number of aliphatic carboxylic acids is 1. The molecule has 0 rings (SSSR count). The summed E-state index contributed by atoms with van der Waals surface area (Å²) in [6.07, 6.45) is 0.833. The van der Waals surface area contributed by atoms with E-state index in [4.69, 9.17) is 19.5 Å². The summed E-state index contributed by atoms with van der Waals surface area (Å²) < 4.78 is 8.74. The predicted octanol–water partition coefficient (Wildman–Crippen LogP) is -1.21. The van der Waals surface area contributed by atoms with Crippen LogP contribution in [0.15, 0.2) is 12.7 Å². The van der Waals surface area contributed by atoms with E-state index in [1.807, 2.05) is 0 Å². The third kappa shape index (κ3) is 168. The molecule has 0 saturated heterocycles. The van der Waals surface area contributed by atoms with Crippen LogP contribution >= 0.6 is 8.25 Å². The van der Waals surface area contributed by atoms with Crippen molar-refractivity contribution in [3.05, 3.63) is 12.7 Å². The topological polar surface area (TPSA) is 126 Å². The van der Waals surface area contributed by atoms with Gasteiger partial charge < -0.3 is 20.4 Å². The van der Waals surface area contributed by atoms with Gasteiger partial charge >= 0.3 is 14.2 Å². The molecule has 0 heterocycles. The SMILES string of the molecule is C=CC(=O)O.O.O=[PH](O)O. The minimum absolute atomic E-state index is 0. The molecule has 0 unspecified atom stereocenters. The lowest BCUT2D eigenvalue weighted by atomic mass is 10.7. The highest BCUT2D eigenvalue weighted by Gasteiger charge is 1.73. The molecule has 7 heteroatoms. The molecule has 10 heavy (non-hydrogen) atoms. The van der Waals surface area contributed by atoms with Gasteiger partial charge in [0.2, 0.25) is 0 Å². The number of hydrogen-bond donors (Lipinski definition) is 3. The summed E-state index contributed by atoms with van der Waals surface area (Å²) in [6, 6.07) is 0. The van der Waals surface area contributed by atoms with Gasteiger partial charge in [0.05, 0.1) is 0 Å². The van der Waals surface area contributed by atoms with Crippen molar-refractivity contribution in [1.82, 2.24) is 0 Å². The first-order chi connectivity index (χ1) is 4.00. The zero-order chi connectivity index (χ0) is 7.86. The maximum absolute atomic E-state index is 9.25. The molecular weight excluding hydrogens is 163 g/mol. The van der Waals surface area contributed by atoms with Crippen LogP contribution in [0.4, 0.5) is 0 Å². The highest BCUT2D eigenvalue weighted by atomic mass is 31.1. The van der Waals surface area contributed by atoms with Gasteiger partial charge in [-0.05, 0) is 0 Å². The van der Waals surface area contributed by atoms with Gasteiger partial charge in [0, 0.05) is 6.08 Å². The second-order valence-electron chi connectivity index (χ2n) is 0.825. The summed E-state index contributed by atoms with van der Waals surface area (Å²) in [7, 11) is -3.13. The fourth-order valence-corrected chi connectivity index (χ4v) is 0. The van der Waals surface area contributed by atoms with Crippen molar-refractivity contribution in [3.8, 4) is 0 Å². The Labute approximate surface area is 57.7 Å². The van der Waals surface area contributed by atoms with Crippen LogP contribution in [0.1, 0.15) is 0 Å². The molecule has 5 N–H and O–H groups in total. The Kier molecular flexibility index (Phi) is 18.0. The van der Waals surface area contributed by atoms with Crippen LogP contribution in [0, 0.1) is 0 Å². The average molecular weight is 172 g/mol. The maximum atomic E-state index is 9.25. The van der Waals surface area contributed by atoms with Gasteiger partial charge in [-0.2, -0.15) is 0 Å². The maximum Gasteiger partial charge on any atom is 0.327 e. The van der Waals surface area contributed by atoms with Gasteiger partial charge in [-0.15, -0.1) is 0 Å². The zero-order valence-electron chi connectivity index (χ0n) is 4.94. The molecule has 6 nitrogen and oxygen atoms in total. The zero-order valence-corrected chi connectivity index (χ0v) is 5.94. The lowest BCUT2D eigenvalue weighted by Crippen LogP contribution is -1.82. The second kappa shape index (κ2) is 11.2. The summed E-state index contributed by atoms with van der Waals surface area (Å²) in [5, 5.41) is 7.60. The third-order valence-electron chi connectivity index (χ3n) is 0.175. The number of rotatable bonds is 1. The summed E-state index contributed by atoms with van der Waals surface area (Å²) >= 11 is 0. The monoisotopic (exact) mass is 172 g/mol. The molecule has 0 aromatic carbocycles. The number of carboxylic acid groups (broad SMARTS) is 1. The third-order valence-corrected chi connectivity index (χ3v) is 0.175. The van der Waals surface area contributed by atoms with Crippen molar-refractivity contribution < 1.29 is 29.7 Å². The van der Waals surface area contributed by atoms with Crippen LogP contribution in [0.5, 0.6) is 0 Å². The van der Waals surface area contributed by atoms with Crippen LogP contribution < -0.4 is 0 Å². The van der Waals surface area contributed by atoms with E-state index in [-0.39, 0.29) is 5.48 Å². The Balaban J connectivity index is -0.0000000910. The smallest absolute Gasteiger partial charge is 0.327 e. The number of carbonyl (C=O) groups is 1. The minimum Gasteiger partial charge on any atom is -0.478 e. The first-order valence-electron chi connectivity index (χ1n) is 1.78. The molecule has 62 valence electrons. The molecule has 0 aromatic heterocycles. The van der Waals surface area contributed by atoms with Crippen LogP contribution in [-0.4, -0.2) is 26.3 Å². The lowest BCUT2D eigenvalue weighted by molar-refractivity contribution is -0.131. The fraction of sp³-hybridized carbons (Fsp3) is 0. The molecule has 0 aliphatic rings. The standard InChI is InChI=1S/C3H4O2.H3O3P.H2O/c1-2-3(4)5;1-4(2)3;/h2H,1H2,(H,4,5);4H,(H2,1,2,3);1H2. The Hall–Kier alpha value is -0.680. The van der Waals surface area contributed by atoms with E-state index in [2.05, 4.69) is 6.58 Å². The van der Waals surface area contributed by atoms with Crippen molar-refractivity contribution in [2.75, 3.05) is 0 Å². The second-order valence-corrected chi connectivity index (χ2v) is 1.39. The quantitative estimate of drug-likeness (QED) is 0.338. The Bertz CT molecular complexity index is 116. The number of hydrogen-bond acceptors (Lipinski definition) is 2. The molecule has 0 amide bonds. The van der Waals surface area contributed by atoms with Crippen molar-refractivity contribution in [2.45, 2.75) is 0 Å². The van der Waals surface area contributed by atoms with Gasteiger partial charge in [-0.25, -0.2) is 4.79 Å². The molecule has 0 aliphatic heterocycles. The van der Waals surface area contributed by atoms with E-state index in [0.717, 1.165) is 6.08 Å². The van der Waals surface area contributed by atoms with Crippen molar-refractivity contribution in [3.63, 3.8) is 0 Å². The predicted molar refractivity (Wildman–Crippen MR) is 34.9 cm³/mol. The van der Waals surface area contributed by atoms with Crippen molar-refractivity contribution in [2.24, 2.45) is 0 Å². The molecule has 0 fully saturated rings. The molecule has 0 bridgehead atoms. The van der Waals surface area contributed by atoms with Gasteiger partial charge in [-0.3, -0.25) is 4.57 Å². The van der Waals surface area contributed by atoms with E-state index in [9.17, 15) is 4.79 Å². The molecule has 0 aromatic rings. The van der Waals surface area contributed by atoms with E-state index < -0.39 is 14.2 Å². The summed E-state index contributed by atoms with van der Waals surface area (Å²) in [4.78, 5) is 23.6. The molecule has 0 aliphatic carbocycles. The largest absolute Gasteiger partial charge is 0.478 e. The van der Waals surface area contributed by atoms with Crippen LogP contribution in [0.3, 0.4) is 0 Å². The highest BCUT2D eigenvalue weighted by molar-refractivity contribution is 7.30. The summed E-state index contributed by atoms with van der Waals surface area (Å²) in [5.74, 6) is -0.981. The highest BCUT2D eigenvalue weighted by Crippen LogP contribution is 1.98. The van der Waals surface area contributed by atoms with E-state index in [1.54, 1.807) is 0 Å². The summed E-state index contributed by atoms with van der Waals surface area (Å²) in [5.41, 5.74) is 0. The summed E-state index contributed by atoms with van der Waals surface area (Å²) in [6.45, 7) is 2.96. The Morgan fingerprint density at radius 1 is 1.50 bits per heavy atom. The van der Waals surface area contributed by atoms with Gasteiger partial charge in [0.15, 0.2) is 0 Å². The molecule has 0 atom stereocenters.